The van der Waals surface area contributed by atoms with Gasteiger partial charge in [0.2, 0.25) is 0 Å². The van der Waals surface area contributed by atoms with Crippen molar-refractivity contribution in [3.05, 3.63) is 76.7 Å². The van der Waals surface area contributed by atoms with E-state index in [1.54, 1.807) is 37.0 Å². The van der Waals surface area contributed by atoms with Crippen molar-refractivity contribution < 1.29 is 18.7 Å². The van der Waals surface area contributed by atoms with Crippen LogP contribution >= 0.6 is 11.6 Å². The summed E-state index contributed by atoms with van der Waals surface area (Å²) in [4.78, 5) is 12.5. The number of nitrogens with zero attached hydrogens (tertiary/aromatic N) is 2. The topological polar surface area (TPSA) is 65.4 Å². The zero-order chi connectivity index (χ0) is 20.8. The van der Waals surface area contributed by atoms with Crippen molar-refractivity contribution in [2.24, 2.45) is 0 Å². The molecular formula is C21H21ClFN3O3. The molecule has 3 rings (SSSR count). The van der Waals surface area contributed by atoms with Crippen LogP contribution in [0.3, 0.4) is 0 Å². The van der Waals surface area contributed by atoms with Crippen LogP contribution in [-0.4, -0.2) is 28.9 Å². The molecule has 0 aliphatic rings. The number of halogens is 2. The van der Waals surface area contributed by atoms with E-state index in [2.05, 4.69) is 10.4 Å². The molecule has 0 spiro atoms. The maximum absolute atomic E-state index is 13.6. The minimum absolute atomic E-state index is 0.0600. The number of amides is 1. The lowest BCUT2D eigenvalue weighted by Crippen LogP contribution is -2.28. The molecule has 1 amide bonds. The van der Waals surface area contributed by atoms with E-state index in [-0.39, 0.29) is 24.1 Å². The molecule has 1 N–H and O–H groups in total. The molecule has 0 aliphatic heterocycles. The maximum Gasteiger partial charge on any atom is 0.254 e. The van der Waals surface area contributed by atoms with E-state index in [4.69, 9.17) is 21.1 Å². The molecule has 0 unspecified atom stereocenters. The van der Waals surface area contributed by atoms with Crippen LogP contribution in [0.25, 0.3) is 0 Å². The van der Waals surface area contributed by atoms with Gasteiger partial charge < -0.3 is 14.8 Å². The molecule has 0 aliphatic carbocycles. The maximum atomic E-state index is 13.6. The van der Waals surface area contributed by atoms with Crippen molar-refractivity contribution in [1.29, 1.82) is 0 Å². The van der Waals surface area contributed by atoms with Crippen molar-refractivity contribution in [2.75, 3.05) is 12.4 Å². The Hall–Kier alpha value is -2.90. The van der Waals surface area contributed by atoms with E-state index in [1.165, 1.54) is 12.1 Å². The summed E-state index contributed by atoms with van der Waals surface area (Å²) in [5.74, 6) is 0.409. The smallest absolute Gasteiger partial charge is 0.254 e. The second kappa shape index (κ2) is 9.54. The summed E-state index contributed by atoms with van der Waals surface area (Å²) < 4.78 is 26.0. The number of benzene rings is 2. The molecule has 0 saturated heterocycles. The Kier molecular flexibility index (Phi) is 6.85. The van der Waals surface area contributed by atoms with Crippen LogP contribution in [0.15, 0.2) is 54.7 Å². The van der Waals surface area contributed by atoms with E-state index >= 15 is 0 Å². The first-order valence-corrected chi connectivity index (χ1v) is 9.35. The standard InChI is InChI=1S/C21H21ClFN3O3/c1-14(29-13-16-4-3-5-17(10-16)28-2)21(27)25-20-8-9-24-26(20)12-15-6-7-18(22)19(23)11-15/h3-11,14H,12-13H2,1-2H3,(H,25,27)/t14-/m1/s1. The molecule has 29 heavy (non-hydrogen) atoms. The van der Waals surface area contributed by atoms with Gasteiger partial charge in [-0.05, 0) is 42.3 Å². The molecule has 3 aromatic rings. The first-order chi connectivity index (χ1) is 14.0. The number of nitrogens with one attached hydrogen (secondary N) is 1. The van der Waals surface area contributed by atoms with E-state index in [9.17, 15) is 9.18 Å². The van der Waals surface area contributed by atoms with E-state index in [1.807, 2.05) is 24.3 Å². The monoisotopic (exact) mass is 417 g/mol. The molecule has 1 atom stereocenters. The number of ether oxygens (including phenoxy) is 2. The van der Waals surface area contributed by atoms with Crippen LogP contribution < -0.4 is 10.1 Å². The molecule has 0 radical (unpaired) electrons. The highest BCUT2D eigenvalue weighted by Gasteiger charge is 2.16. The lowest BCUT2D eigenvalue weighted by atomic mass is 10.2. The Labute approximate surface area is 173 Å². The highest BCUT2D eigenvalue weighted by atomic mass is 35.5. The number of rotatable bonds is 8. The quantitative estimate of drug-likeness (QED) is 0.594. The van der Waals surface area contributed by atoms with Crippen molar-refractivity contribution in [2.45, 2.75) is 26.2 Å². The molecule has 1 aromatic heterocycles. The number of methoxy groups -OCH3 is 1. The van der Waals surface area contributed by atoms with Gasteiger partial charge >= 0.3 is 0 Å². The number of carbonyl (C=O) groups is 1. The number of anilines is 1. The normalized spacial score (nSPS) is 11.9. The third-order valence-electron chi connectivity index (χ3n) is 4.29. The van der Waals surface area contributed by atoms with Gasteiger partial charge in [-0.1, -0.05) is 29.8 Å². The Bertz CT molecular complexity index is 993. The fourth-order valence-electron chi connectivity index (χ4n) is 2.66. The third-order valence-corrected chi connectivity index (χ3v) is 4.59. The number of carbonyl (C=O) groups excluding carboxylic acids is 1. The predicted octanol–water partition coefficient (Wildman–Crippen LogP) is 4.28. The van der Waals surface area contributed by atoms with Crippen molar-refractivity contribution in [3.63, 3.8) is 0 Å². The Morgan fingerprint density at radius 3 is 2.83 bits per heavy atom. The zero-order valence-corrected chi connectivity index (χ0v) is 16.8. The van der Waals surface area contributed by atoms with Crippen LogP contribution in [0.2, 0.25) is 5.02 Å². The molecule has 6 nitrogen and oxygen atoms in total. The van der Waals surface area contributed by atoms with Gasteiger partial charge in [0, 0.05) is 6.07 Å². The van der Waals surface area contributed by atoms with Gasteiger partial charge in [0.25, 0.3) is 5.91 Å². The highest BCUT2D eigenvalue weighted by Crippen LogP contribution is 2.18. The zero-order valence-electron chi connectivity index (χ0n) is 16.1. The Balaban J connectivity index is 1.58. The van der Waals surface area contributed by atoms with Gasteiger partial charge in [-0.15, -0.1) is 0 Å². The fourth-order valence-corrected chi connectivity index (χ4v) is 2.78. The van der Waals surface area contributed by atoms with E-state index in [0.29, 0.717) is 11.4 Å². The fraction of sp³-hybridized carbons (Fsp3) is 0.238. The summed E-state index contributed by atoms with van der Waals surface area (Å²) in [5, 5.41) is 7.03. The van der Waals surface area contributed by atoms with Gasteiger partial charge in [-0.3, -0.25) is 4.79 Å². The van der Waals surface area contributed by atoms with Gasteiger partial charge in [0.05, 0.1) is 31.5 Å². The van der Waals surface area contributed by atoms with Crippen molar-refractivity contribution >= 4 is 23.3 Å². The minimum Gasteiger partial charge on any atom is -0.497 e. The summed E-state index contributed by atoms with van der Waals surface area (Å²) in [5.41, 5.74) is 1.58. The lowest BCUT2D eigenvalue weighted by molar-refractivity contribution is -0.127. The van der Waals surface area contributed by atoms with Crippen LogP contribution in [0.5, 0.6) is 5.75 Å². The summed E-state index contributed by atoms with van der Waals surface area (Å²) in [7, 11) is 1.59. The lowest BCUT2D eigenvalue weighted by Gasteiger charge is -2.15. The Morgan fingerprint density at radius 1 is 1.24 bits per heavy atom. The number of hydrogen-bond donors (Lipinski definition) is 1. The van der Waals surface area contributed by atoms with Gasteiger partial charge in [0.15, 0.2) is 0 Å². The second-order valence-corrected chi connectivity index (χ2v) is 6.82. The molecule has 2 aromatic carbocycles. The molecule has 152 valence electrons. The van der Waals surface area contributed by atoms with Gasteiger partial charge in [0.1, 0.15) is 23.5 Å². The van der Waals surface area contributed by atoms with Crippen molar-refractivity contribution in [3.8, 4) is 5.75 Å². The largest absolute Gasteiger partial charge is 0.497 e. The molecule has 0 bridgehead atoms. The van der Waals surface area contributed by atoms with Gasteiger partial charge in [-0.25, -0.2) is 9.07 Å². The molecular weight excluding hydrogens is 397 g/mol. The number of aromatic nitrogens is 2. The van der Waals surface area contributed by atoms with Crippen molar-refractivity contribution in [1.82, 2.24) is 9.78 Å². The summed E-state index contributed by atoms with van der Waals surface area (Å²) in [6.07, 6.45) is 0.876. The third kappa shape index (κ3) is 5.56. The molecule has 8 heteroatoms. The van der Waals surface area contributed by atoms with E-state index < -0.39 is 11.9 Å². The van der Waals surface area contributed by atoms with Crippen LogP contribution in [-0.2, 0) is 22.7 Å². The van der Waals surface area contributed by atoms with Crippen LogP contribution in [0, 0.1) is 5.82 Å². The molecule has 1 heterocycles. The molecule has 0 fully saturated rings. The SMILES string of the molecule is COc1cccc(CO[C@H](C)C(=O)Nc2ccnn2Cc2ccc(Cl)c(F)c2)c1. The predicted molar refractivity (Wildman–Crippen MR) is 109 cm³/mol. The summed E-state index contributed by atoms with van der Waals surface area (Å²) >= 11 is 5.71. The summed E-state index contributed by atoms with van der Waals surface area (Å²) in [6.45, 7) is 2.23. The van der Waals surface area contributed by atoms with Crippen LogP contribution in [0.1, 0.15) is 18.1 Å². The average molecular weight is 418 g/mol. The number of hydrogen-bond acceptors (Lipinski definition) is 4. The molecule has 0 saturated carbocycles. The first-order valence-electron chi connectivity index (χ1n) is 8.97. The van der Waals surface area contributed by atoms with E-state index in [0.717, 1.165) is 11.3 Å². The highest BCUT2D eigenvalue weighted by molar-refractivity contribution is 6.30. The average Bonchev–Trinajstić information content (AvgIpc) is 3.15. The van der Waals surface area contributed by atoms with Gasteiger partial charge in [-0.2, -0.15) is 5.10 Å². The Morgan fingerprint density at radius 2 is 2.07 bits per heavy atom. The second-order valence-electron chi connectivity index (χ2n) is 6.42. The van der Waals surface area contributed by atoms with Crippen LogP contribution in [0.4, 0.5) is 10.2 Å². The first kappa shape index (κ1) is 20.8. The minimum atomic E-state index is -0.683. The summed E-state index contributed by atoms with van der Waals surface area (Å²) in [6, 6.07) is 13.7.